The van der Waals surface area contributed by atoms with E-state index in [0.717, 1.165) is 11.1 Å². The summed E-state index contributed by atoms with van der Waals surface area (Å²) in [5.74, 6) is -1.68. The molecule has 9 rings (SSSR count). The minimum absolute atomic E-state index is 0.0868. The highest BCUT2D eigenvalue weighted by Gasteiger charge is 2.77. The maximum Gasteiger partial charge on any atom is 0.331 e. The molecule has 4 heterocycles. The highest BCUT2D eigenvalue weighted by Crippen LogP contribution is 2.70. The average Bonchev–Trinajstić information content (AvgIpc) is 3.82. The summed E-state index contributed by atoms with van der Waals surface area (Å²) in [7, 11) is 6.52. The quantitative estimate of drug-likeness (QED) is 0.0966. The van der Waals surface area contributed by atoms with E-state index in [-0.39, 0.29) is 36.9 Å². The minimum atomic E-state index is -1.68. The second-order valence-electron chi connectivity index (χ2n) is 23.5. The molecule has 4 aliphatic carbocycles. The maximum atomic E-state index is 13.6. The summed E-state index contributed by atoms with van der Waals surface area (Å²) in [5, 5.41) is 36.4. The Kier molecular flexibility index (Phi) is 17.8. The molecule has 18 heteroatoms. The Morgan fingerprint density at radius 2 is 1.16 bits per heavy atom. The molecule has 0 radical (unpaired) electrons. The SMILES string of the molecule is CO[C@H]1C[C@H](O[C@H]2CC[C@@]3(C)C(=CC[C@]4(O)[C@@H]3C[C@@H](OC(=O)C=Cc3ccccc3)[C@]3(C)[C@H](C(C)=O)CC[C@@]34O)C2)O[C@H](C)[C@H]1O[C@H]1C[C@@H](OC)[C@H](O[C@H]2C[C@H](OC)[C@H](O[C@H]3C[C@@H](OC)[C@H](O)[C@@H](C)O3)[C@@H](C)O2)[C@@H](C)O1. The van der Waals surface area contributed by atoms with Gasteiger partial charge in [-0.3, -0.25) is 4.79 Å². The van der Waals surface area contributed by atoms with Gasteiger partial charge in [-0.15, -0.1) is 0 Å². The van der Waals surface area contributed by atoms with Gasteiger partial charge in [0.05, 0.1) is 54.9 Å². The summed E-state index contributed by atoms with van der Waals surface area (Å²) in [6.45, 7) is 13.1. The Morgan fingerprint density at radius 3 is 1.67 bits per heavy atom. The summed E-state index contributed by atoms with van der Waals surface area (Å²) in [6, 6.07) is 9.47. The summed E-state index contributed by atoms with van der Waals surface area (Å²) in [5.41, 5.74) is -3.00. The first kappa shape index (κ1) is 57.9. The van der Waals surface area contributed by atoms with Crippen LogP contribution in [0.2, 0.25) is 0 Å². The molecular weight excluding hydrogens is 985 g/mol. The van der Waals surface area contributed by atoms with E-state index in [0.29, 0.717) is 57.8 Å². The van der Waals surface area contributed by atoms with Crippen LogP contribution in [-0.4, -0.2) is 177 Å². The Morgan fingerprint density at radius 1 is 0.658 bits per heavy atom. The number of methoxy groups -OCH3 is 4. The summed E-state index contributed by atoms with van der Waals surface area (Å²) >= 11 is 0. The molecule has 24 atom stereocenters. The lowest BCUT2D eigenvalue weighted by Crippen LogP contribution is -2.75. The van der Waals surface area contributed by atoms with Crippen LogP contribution in [0.1, 0.15) is 125 Å². The predicted octanol–water partition coefficient (Wildman–Crippen LogP) is 6.12. The van der Waals surface area contributed by atoms with Crippen molar-refractivity contribution in [1.82, 2.24) is 0 Å². The highest BCUT2D eigenvalue weighted by molar-refractivity contribution is 5.87. The molecule has 76 heavy (non-hydrogen) atoms. The number of Topliss-reactive ketones (excluding diaryl/α,β-unsaturated/α-hetero) is 1. The van der Waals surface area contributed by atoms with Gasteiger partial charge in [-0.2, -0.15) is 0 Å². The van der Waals surface area contributed by atoms with Crippen LogP contribution in [0.25, 0.3) is 6.08 Å². The number of hydrogen-bond acceptors (Lipinski definition) is 18. The van der Waals surface area contributed by atoms with Gasteiger partial charge in [-0.05, 0) is 96.6 Å². The van der Waals surface area contributed by atoms with E-state index in [1.165, 1.54) is 13.0 Å². The van der Waals surface area contributed by atoms with Crippen LogP contribution in [0.4, 0.5) is 0 Å². The van der Waals surface area contributed by atoms with Crippen molar-refractivity contribution in [1.29, 1.82) is 0 Å². The molecule has 4 aliphatic heterocycles. The zero-order valence-corrected chi connectivity index (χ0v) is 46.4. The molecule has 0 spiro atoms. The first-order valence-electron chi connectivity index (χ1n) is 27.8. The lowest BCUT2D eigenvalue weighted by molar-refractivity contribution is -0.347. The van der Waals surface area contributed by atoms with Gasteiger partial charge in [0.2, 0.25) is 0 Å². The molecule has 0 amide bonds. The third kappa shape index (κ3) is 10.8. The normalized spacial score (nSPS) is 47.6. The summed E-state index contributed by atoms with van der Waals surface area (Å²) in [4.78, 5) is 26.9. The molecule has 3 N–H and O–H groups in total. The van der Waals surface area contributed by atoms with Crippen molar-refractivity contribution in [3.8, 4) is 0 Å². The molecule has 7 fully saturated rings. The number of ether oxygens (including phenoxy) is 13. The predicted molar refractivity (Wildman–Crippen MR) is 274 cm³/mol. The third-order valence-electron chi connectivity index (χ3n) is 19.4. The summed E-state index contributed by atoms with van der Waals surface area (Å²) < 4.78 is 81.8. The van der Waals surface area contributed by atoms with Crippen molar-refractivity contribution in [2.45, 2.75) is 241 Å². The number of ketones is 1. The number of hydrogen-bond donors (Lipinski definition) is 3. The van der Waals surface area contributed by atoms with Gasteiger partial charge >= 0.3 is 5.97 Å². The molecule has 426 valence electrons. The molecule has 0 bridgehead atoms. The molecule has 1 aromatic carbocycles. The fraction of sp³-hybridized carbons (Fsp3) is 0.793. The Bertz CT molecular complexity index is 2210. The van der Waals surface area contributed by atoms with Crippen LogP contribution in [0, 0.1) is 22.7 Å². The van der Waals surface area contributed by atoms with Crippen molar-refractivity contribution in [3.05, 3.63) is 53.6 Å². The topological polar surface area (TPSA) is 215 Å². The van der Waals surface area contributed by atoms with E-state index < -0.39 is 132 Å². The standard InChI is InChI=1S/C58H86O18/c1-31(59)39-21-24-58(63)56(39,7)45(73-46(60)18-17-36-15-13-12-14-16-36)30-44-55(6)22-20-38(25-37(55)19-23-57(44,58)62)72-47-27-41(65-9)52(33(3)69-47)75-49-29-43(67-11)54(35(5)71-49)76-50-28-42(66-10)53(34(4)70-50)74-48-26-40(64-8)51(61)32(2)68-48/h12-19,32-35,38-45,47-54,61-63H,20-30H2,1-11H3/t32-,33-,34-,35-,38+,39+,40-,41+,42+,43-,44-,45-,47+,48+,49+,50+,51-,52-,53-,54-,55+,56+,57+,58-/m1/s1. The smallest absolute Gasteiger partial charge is 0.331 e. The molecular formula is C58H86O18. The van der Waals surface area contributed by atoms with Crippen LogP contribution in [-0.2, 0) is 71.2 Å². The van der Waals surface area contributed by atoms with E-state index >= 15 is 0 Å². The van der Waals surface area contributed by atoms with Gasteiger partial charge in [0.15, 0.2) is 25.2 Å². The van der Waals surface area contributed by atoms with Crippen LogP contribution in [0.15, 0.2) is 48.1 Å². The molecule has 3 saturated carbocycles. The van der Waals surface area contributed by atoms with E-state index in [4.69, 9.17) is 61.6 Å². The Balaban J connectivity index is 0.802. The van der Waals surface area contributed by atoms with Crippen LogP contribution in [0.3, 0.4) is 0 Å². The molecule has 4 saturated heterocycles. The first-order valence-corrected chi connectivity index (χ1v) is 27.8. The fourth-order valence-electron chi connectivity index (χ4n) is 15.1. The summed E-state index contributed by atoms with van der Waals surface area (Å²) in [6.07, 6.45) is 0.840. The number of carbonyl (C=O) groups is 2. The van der Waals surface area contributed by atoms with E-state index in [1.807, 2.05) is 58.0 Å². The Labute approximate surface area is 448 Å². The number of benzene rings is 1. The van der Waals surface area contributed by atoms with E-state index in [1.54, 1.807) is 41.4 Å². The van der Waals surface area contributed by atoms with Gasteiger partial charge in [-0.25, -0.2) is 4.79 Å². The molecule has 1 aromatic rings. The zero-order chi connectivity index (χ0) is 54.5. The number of fused-ring (bicyclic) bond motifs is 5. The highest BCUT2D eigenvalue weighted by atomic mass is 16.8. The third-order valence-corrected chi connectivity index (χ3v) is 19.4. The Hall–Kier alpha value is -2.76. The van der Waals surface area contributed by atoms with E-state index in [2.05, 4.69) is 13.0 Å². The monoisotopic (exact) mass is 1070 g/mol. The molecule has 0 aromatic heterocycles. The lowest BCUT2D eigenvalue weighted by Gasteiger charge is -2.66. The lowest BCUT2D eigenvalue weighted by atomic mass is 9.43. The first-order chi connectivity index (χ1) is 36.2. The molecule has 0 unspecified atom stereocenters. The largest absolute Gasteiger partial charge is 0.458 e. The second kappa shape index (κ2) is 23.4. The maximum absolute atomic E-state index is 13.6. The van der Waals surface area contributed by atoms with E-state index in [9.17, 15) is 24.9 Å². The second-order valence-corrected chi connectivity index (χ2v) is 23.5. The number of aliphatic hydroxyl groups excluding tert-OH is 1. The van der Waals surface area contributed by atoms with Crippen LogP contribution >= 0.6 is 0 Å². The number of carbonyl (C=O) groups excluding carboxylic acids is 2. The number of esters is 1. The number of aliphatic hydroxyl groups is 3. The van der Waals surface area contributed by atoms with Crippen molar-refractivity contribution in [2.75, 3.05) is 28.4 Å². The van der Waals surface area contributed by atoms with Crippen molar-refractivity contribution in [3.63, 3.8) is 0 Å². The van der Waals surface area contributed by atoms with Gasteiger partial charge in [0.25, 0.3) is 0 Å². The van der Waals surface area contributed by atoms with Gasteiger partial charge < -0.3 is 76.9 Å². The van der Waals surface area contributed by atoms with Gasteiger partial charge in [0.1, 0.15) is 47.5 Å². The van der Waals surface area contributed by atoms with Crippen LogP contribution in [0.5, 0.6) is 0 Å². The minimum Gasteiger partial charge on any atom is -0.458 e. The molecule has 18 nitrogen and oxygen atoms in total. The van der Waals surface area contributed by atoms with Gasteiger partial charge in [0, 0.05) is 77.4 Å². The fourth-order valence-corrected chi connectivity index (χ4v) is 15.1. The molecule has 8 aliphatic rings. The van der Waals surface area contributed by atoms with Gasteiger partial charge in [-0.1, -0.05) is 55.8 Å². The van der Waals surface area contributed by atoms with Crippen molar-refractivity contribution < 1.29 is 86.5 Å². The zero-order valence-electron chi connectivity index (χ0n) is 46.4. The van der Waals surface area contributed by atoms with Crippen LogP contribution < -0.4 is 0 Å². The van der Waals surface area contributed by atoms with Crippen molar-refractivity contribution in [2.24, 2.45) is 22.7 Å². The number of rotatable bonds is 16. The average molecular weight is 1070 g/mol. The van der Waals surface area contributed by atoms with Crippen molar-refractivity contribution >= 4 is 17.8 Å².